The predicted octanol–water partition coefficient (Wildman–Crippen LogP) is 2.61. The lowest BCUT2D eigenvalue weighted by Crippen LogP contribution is -2.10. The molecule has 2 aromatic rings. The Morgan fingerprint density at radius 1 is 1.41 bits per heavy atom. The van der Waals surface area contributed by atoms with Crippen molar-refractivity contribution in [2.24, 2.45) is 0 Å². The highest BCUT2D eigenvalue weighted by molar-refractivity contribution is 5.78. The lowest BCUT2D eigenvalue weighted by atomic mass is 10.3. The molecule has 0 saturated heterocycles. The van der Waals surface area contributed by atoms with E-state index in [9.17, 15) is 4.79 Å². The molecule has 0 unspecified atom stereocenters. The Kier molecular flexibility index (Phi) is 3.32. The third kappa shape index (κ3) is 2.25. The van der Waals surface area contributed by atoms with Gasteiger partial charge in [0, 0.05) is 12.3 Å². The lowest BCUT2D eigenvalue weighted by Gasteiger charge is -2.02. The number of rotatable bonds is 4. The van der Waals surface area contributed by atoms with Crippen molar-refractivity contribution in [3.8, 4) is 5.75 Å². The van der Waals surface area contributed by atoms with E-state index in [1.165, 1.54) is 0 Å². The van der Waals surface area contributed by atoms with Crippen LogP contribution in [0.4, 0.5) is 0 Å². The highest BCUT2D eigenvalue weighted by atomic mass is 16.5. The molecule has 0 aliphatic heterocycles. The zero-order chi connectivity index (χ0) is 12.3. The van der Waals surface area contributed by atoms with Crippen LogP contribution in [0.3, 0.4) is 0 Å². The van der Waals surface area contributed by atoms with Crippen LogP contribution >= 0.6 is 0 Å². The number of imidazole rings is 1. The second-order valence-electron chi connectivity index (χ2n) is 3.71. The number of ether oxygens (including phenoxy) is 1. The molecular weight excluding hydrogens is 216 g/mol. The molecule has 1 N–H and O–H groups in total. The lowest BCUT2D eigenvalue weighted by molar-refractivity contribution is 0.340. The third-order valence-electron chi connectivity index (χ3n) is 2.49. The topological polar surface area (TPSA) is 47.0 Å². The van der Waals surface area contributed by atoms with Gasteiger partial charge in [0.05, 0.1) is 17.6 Å². The van der Waals surface area contributed by atoms with Crippen molar-refractivity contribution >= 4 is 17.2 Å². The number of aromatic amines is 1. The molecule has 0 radical (unpaired) electrons. The van der Waals surface area contributed by atoms with Crippen LogP contribution in [0.5, 0.6) is 5.75 Å². The summed E-state index contributed by atoms with van der Waals surface area (Å²) in [6.45, 7) is 4.58. The van der Waals surface area contributed by atoms with Crippen molar-refractivity contribution in [2.45, 2.75) is 20.3 Å². The summed E-state index contributed by atoms with van der Waals surface area (Å²) in [7, 11) is 0. The molecule has 0 atom stereocenters. The van der Waals surface area contributed by atoms with Crippen LogP contribution in [0, 0.1) is 0 Å². The molecule has 0 fully saturated rings. The van der Waals surface area contributed by atoms with E-state index in [0.717, 1.165) is 23.2 Å². The summed E-state index contributed by atoms with van der Waals surface area (Å²) in [5.74, 6) is 0.776. The van der Waals surface area contributed by atoms with E-state index in [2.05, 4.69) is 4.98 Å². The van der Waals surface area contributed by atoms with E-state index in [-0.39, 0.29) is 5.69 Å². The van der Waals surface area contributed by atoms with E-state index in [1.807, 2.05) is 38.1 Å². The molecule has 0 aliphatic carbocycles. The quantitative estimate of drug-likeness (QED) is 0.880. The number of allylic oxidation sites excluding steroid dienone is 1. The Morgan fingerprint density at radius 2 is 2.24 bits per heavy atom. The van der Waals surface area contributed by atoms with Crippen LogP contribution in [0.15, 0.2) is 29.1 Å². The first-order valence-electron chi connectivity index (χ1n) is 5.80. The number of hydrogen-bond acceptors (Lipinski definition) is 2. The van der Waals surface area contributed by atoms with Gasteiger partial charge in [0.1, 0.15) is 5.75 Å². The summed E-state index contributed by atoms with van der Waals surface area (Å²) < 4.78 is 7.03. The fourth-order valence-corrected chi connectivity index (χ4v) is 1.72. The van der Waals surface area contributed by atoms with Gasteiger partial charge in [0.2, 0.25) is 0 Å². The van der Waals surface area contributed by atoms with Crippen LogP contribution in [-0.4, -0.2) is 16.2 Å². The summed E-state index contributed by atoms with van der Waals surface area (Å²) in [6.07, 6.45) is 4.63. The predicted molar refractivity (Wildman–Crippen MR) is 69.3 cm³/mol. The molecule has 17 heavy (non-hydrogen) atoms. The molecule has 4 heteroatoms. The van der Waals surface area contributed by atoms with Crippen molar-refractivity contribution in [3.63, 3.8) is 0 Å². The number of benzene rings is 1. The first kappa shape index (κ1) is 11.5. The normalized spacial score (nSPS) is 11.4. The van der Waals surface area contributed by atoms with Crippen molar-refractivity contribution < 1.29 is 4.74 Å². The van der Waals surface area contributed by atoms with Gasteiger partial charge in [0.15, 0.2) is 0 Å². The van der Waals surface area contributed by atoms with Crippen molar-refractivity contribution in [3.05, 3.63) is 34.8 Å². The molecule has 0 aliphatic rings. The monoisotopic (exact) mass is 232 g/mol. The smallest absolute Gasteiger partial charge is 0.330 e. The van der Waals surface area contributed by atoms with E-state index in [4.69, 9.17) is 4.74 Å². The molecule has 1 heterocycles. The number of hydrogen-bond donors (Lipinski definition) is 1. The summed E-state index contributed by atoms with van der Waals surface area (Å²) >= 11 is 0. The molecule has 0 spiro atoms. The van der Waals surface area contributed by atoms with Gasteiger partial charge in [0.25, 0.3) is 0 Å². The van der Waals surface area contributed by atoms with Crippen LogP contribution in [0.2, 0.25) is 0 Å². The maximum absolute atomic E-state index is 11.7. The molecule has 90 valence electrons. The van der Waals surface area contributed by atoms with Crippen molar-refractivity contribution in [1.29, 1.82) is 0 Å². The maximum Gasteiger partial charge on any atom is 0.330 e. The van der Waals surface area contributed by atoms with Crippen molar-refractivity contribution in [2.75, 3.05) is 6.61 Å². The SMILES string of the molecule is CCC=Cn1c(=O)[nH]c2ccc(OCC)cc21. The minimum Gasteiger partial charge on any atom is -0.494 e. The minimum absolute atomic E-state index is 0.127. The van der Waals surface area contributed by atoms with Gasteiger partial charge in [-0.05, 0) is 25.5 Å². The molecule has 2 rings (SSSR count). The first-order chi connectivity index (χ1) is 8.26. The molecule has 4 nitrogen and oxygen atoms in total. The fraction of sp³-hybridized carbons (Fsp3) is 0.308. The number of aromatic nitrogens is 2. The Morgan fingerprint density at radius 3 is 2.94 bits per heavy atom. The summed E-state index contributed by atoms with van der Waals surface area (Å²) in [4.78, 5) is 14.5. The molecule has 1 aromatic heterocycles. The summed E-state index contributed by atoms with van der Waals surface area (Å²) in [5.41, 5.74) is 1.53. The molecule has 1 aromatic carbocycles. The second-order valence-corrected chi connectivity index (χ2v) is 3.71. The molecular formula is C13H16N2O2. The first-order valence-corrected chi connectivity index (χ1v) is 5.80. The number of fused-ring (bicyclic) bond motifs is 1. The Balaban J connectivity index is 2.56. The standard InChI is InChI=1S/C13H16N2O2/c1-3-5-8-15-12-9-10(17-4-2)6-7-11(12)14-13(15)16/h5-9H,3-4H2,1-2H3,(H,14,16). The minimum atomic E-state index is -0.127. The van der Waals surface area contributed by atoms with Crippen LogP contribution in [-0.2, 0) is 0 Å². The highest BCUT2D eigenvalue weighted by Gasteiger charge is 2.05. The maximum atomic E-state index is 11.7. The van der Waals surface area contributed by atoms with Gasteiger partial charge in [-0.1, -0.05) is 13.0 Å². The molecule has 0 amide bonds. The van der Waals surface area contributed by atoms with Gasteiger partial charge in [-0.25, -0.2) is 4.79 Å². The summed E-state index contributed by atoms with van der Waals surface area (Å²) in [6, 6.07) is 5.59. The average molecular weight is 232 g/mol. The van der Waals surface area contributed by atoms with E-state index in [0.29, 0.717) is 6.61 Å². The van der Waals surface area contributed by atoms with Gasteiger partial charge >= 0.3 is 5.69 Å². The Hall–Kier alpha value is -1.97. The Bertz CT molecular complexity index is 593. The molecule has 0 bridgehead atoms. The van der Waals surface area contributed by atoms with Crippen LogP contribution < -0.4 is 10.4 Å². The van der Waals surface area contributed by atoms with E-state index in [1.54, 1.807) is 10.8 Å². The third-order valence-corrected chi connectivity index (χ3v) is 2.49. The number of H-pyrrole nitrogens is 1. The van der Waals surface area contributed by atoms with E-state index >= 15 is 0 Å². The zero-order valence-electron chi connectivity index (χ0n) is 10.1. The zero-order valence-corrected chi connectivity index (χ0v) is 10.1. The second kappa shape index (κ2) is 4.91. The van der Waals surface area contributed by atoms with Gasteiger partial charge in [-0.3, -0.25) is 4.57 Å². The summed E-state index contributed by atoms with van der Waals surface area (Å²) in [5, 5.41) is 0. The largest absolute Gasteiger partial charge is 0.494 e. The van der Waals surface area contributed by atoms with Crippen LogP contribution in [0.25, 0.3) is 17.2 Å². The fourth-order valence-electron chi connectivity index (χ4n) is 1.72. The van der Waals surface area contributed by atoms with Crippen LogP contribution in [0.1, 0.15) is 20.3 Å². The van der Waals surface area contributed by atoms with Gasteiger partial charge in [-0.2, -0.15) is 0 Å². The average Bonchev–Trinajstić information content (AvgIpc) is 2.63. The molecule has 0 saturated carbocycles. The van der Waals surface area contributed by atoms with Gasteiger partial charge in [-0.15, -0.1) is 0 Å². The Labute approximate surface area is 99.5 Å². The highest BCUT2D eigenvalue weighted by Crippen LogP contribution is 2.18. The van der Waals surface area contributed by atoms with E-state index < -0.39 is 0 Å². The van der Waals surface area contributed by atoms with Gasteiger partial charge < -0.3 is 9.72 Å². The van der Waals surface area contributed by atoms with Crippen molar-refractivity contribution in [1.82, 2.24) is 9.55 Å². The number of nitrogens with one attached hydrogen (secondary N) is 1. The number of nitrogens with zero attached hydrogens (tertiary/aromatic N) is 1.